The van der Waals surface area contributed by atoms with E-state index in [0.29, 0.717) is 29.8 Å². The van der Waals surface area contributed by atoms with Crippen molar-refractivity contribution in [3.63, 3.8) is 0 Å². The first kappa shape index (κ1) is 21.6. The fourth-order valence-electron chi connectivity index (χ4n) is 6.18. The third-order valence-corrected chi connectivity index (χ3v) is 8.08. The molecule has 4 aromatic rings. The van der Waals surface area contributed by atoms with E-state index < -0.39 is 0 Å². The number of benzene rings is 3. The Kier molecular flexibility index (Phi) is 4.38. The summed E-state index contributed by atoms with van der Waals surface area (Å²) in [6.45, 7) is 0. The number of amidine groups is 5. The molecular weight excluding hydrogens is 494 g/mol. The standard InChI is InChI=1S/C33H21N7/c1-3-11-20-18(9-1)26-17-27-19-10-2-4-12-21(19)29(35-27)37-31-23-14-6-8-16-25(23)33(39-31)40-32-24-15-7-5-13-22(24)30(38-32)36-28(20)34-26/h1-16,22,24,34H,17H2. The van der Waals surface area contributed by atoms with Gasteiger partial charge in [-0.25, -0.2) is 30.0 Å². The van der Waals surface area contributed by atoms with Gasteiger partial charge in [0.15, 0.2) is 17.5 Å². The molecule has 1 aromatic heterocycles. The van der Waals surface area contributed by atoms with Gasteiger partial charge in [-0.05, 0) is 0 Å². The highest BCUT2D eigenvalue weighted by Gasteiger charge is 2.36. The number of aromatic amines is 1. The Morgan fingerprint density at radius 2 is 1.07 bits per heavy atom. The largest absolute Gasteiger partial charge is 0.342 e. The van der Waals surface area contributed by atoms with Gasteiger partial charge in [-0.2, -0.15) is 0 Å². The van der Waals surface area contributed by atoms with Crippen molar-refractivity contribution in [1.82, 2.24) is 4.98 Å². The Bertz CT molecular complexity index is 2040. The van der Waals surface area contributed by atoms with E-state index in [1.54, 1.807) is 0 Å². The number of hydrogen-bond donors (Lipinski definition) is 1. The van der Waals surface area contributed by atoms with Crippen LogP contribution in [0.2, 0.25) is 0 Å². The van der Waals surface area contributed by atoms with Gasteiger partial charge in [-0.15, -0.1) is 0 Å². The fraction of sp³-hybridized carbons (Fsp3) is 0.0909. The van der Waals surface area contributed by atoms with Crippen LogP contribution < -0.4 is 0 Å². The normalized spacial score (nSPS) is 21.6. The third kappa shape index (κ3) is 3.12. The summed E-state index contributed by atoms with van der Waals surface area (Å²) in [7, 11) is 0. The molecule has 0 amide bonds. The number of nitrogens with zero attached hydrogens (tertiary/aromatic N) is 6. The molecule has 4 aliphatic heterocycles. The van der Waals surface area contributed by atoms with Gasteiger partial charge in [-0.3, -0.25) is 0 Å². The molecule has 3 aromatic carbocycles. The lowest BCUT2D eigenvalue weighted by Gasteiger charge is -2.15. The predicted molar refractivity (Wildman–Crippen MR) is 161 cm³/mol. The maximum Gasteiger partial charge on any atom is 0.164 e. The van der Waals surface area contributed by atoms with E-state index in [9.17, 15) is 0 Å². The number of fused-ring (bicyclic) bond motifs is 17. The molecule has 0 spiro atoms. The number of H-pyrrole nitrogens is 1. The smallest absolute Gasteiger partial charge is 0.164 e. The second kappa shape index (κ2) is 8.10. The van der Waals surface area contributed by atoms with E-state index >= 15 is 0 Å². The first-order valence-electron chi connectivity index (χ1n) is 13.4. The van der Waals surface area contributed by atoms with Crippen LogP contribution in [0.5, 0.6) is 0 Å². The lowest BCUT2D eigenvalue weighted by Crippen LogP contribution is -2.19. The summed E-state index contributed by atoms with van der Waals surface area (Å²) >= 11 is 0. The van der Waals surface area contributed by atoms with Crippen molar-refractivity contribution in [2.75, 3.05) is 0 Å². The van der Waals surface area contributed by atoms with Crippen LogP contribution in [-0.4, -0.2) is 39.9 Å². The van der Waals surface area contributed by atoms with Crippen LogP contribution in [0.15, 0.2) is 127 Å². The SMILES string of the molecule is C1=CC2C3=NC(=Nc4[nH]c(c5ccccc45)CC4=NC(=NC5=NC(=N3)c3ccccc35)c3ccccc34)C2C=C1. The van der Waals surface area contributed by atoms with Gasteiger partial charge in [0.05, 0.1) is 17.5 Å². The molecule has 7 nitrogen and oxygen atoms in total. The van der Waals surface area contributed by atoms with E-state index in [1.165, 1.54) is 0 Å². The Hall–Kier alpha value is -5.30. The molecule has 40 heavy (non-hydrogen) atoms. The Labute approximate surface area is 229 Å². The topological polar surface area (TPSA) is 89.9 Å². The summed E-state index contributed by atoms with van der Waals surface area (Å²) in [6.07, 6.45) is 9.06. The first-order chi connectivity index (χ1) is 19.8. The highest BCUT2D eigenvalue weighted by atomic mass is 15.1. The third-order valence-electron chi connectivity index (χ3n) is 8.08. The molecule has 0 saturated heterocycles. The molecule has 0 saturated carbocycles. The van der Waals surface area contributed by atoms with Gasteiger partial charge in [0.25, 0.3) is 0 Å². The molecule has 1 aliphatic carbocycles. The molecule has 2 unspecified atom stereocenters. The molecule has 0 fully saturated rings. The lowest BCUT2D eigenvalue weighted by molar-refractivity contribution is 0.759. The number of allylic oxidation sites excluding steroid dienone is 2. The number of aromatic nitrogens is 1. The molecule has 7 heteroatoms. The molecule has 0 radical (unpaired) electrons. The van der Waals surface area contributed by atoms with Crippen LogP contribution in [-0.2, 0) is 6.42 Å². The van der Waals surface area contributed by atoms with Gasteiger partial charge in [0, 0.05) is 45.1 Å². The van der Waals surface area contributed by atoms with Crippen molar-refractivity contribution in [2.24, 2.45) is 41.8 Å². The summed E-state index contributed by atoms with van der Waals surface area (Å²) in [5, 5.41) is 2.20. The van der Waals surface area contributed by atoms with Crippen LogP contribution in [0.3, 0.4) is 0 Å². The molecule has 188 valence electrons. The summed E-state index contributed by atoms with van der Waals surface area (Å²) < 4.78 is 0. The Morgan fingerprint density at radius 1 is 0.525 bits per heavy atom. The molecule has 8 bridgehead atoms. The van der Waals surface area contributed by atoms with E-state index in [0.717, 1.165) is 56.1 Å². The second-order valence-corrected chi connectivity index (χ2v) is 10.4. The molecular formula is C33H21N7. The van der Waals surface area contributed by atoms with Gasteiger partial charge in [0.1, 0.15) is 17.5 Å². The molecule has 9 rings (SSSR count). The van der Waals surface area contributed by atoms with Crippen molar-refractivity contribution in [3.8, 4) is 0 Å². The van der Waals surface area contributed by atoms with Crippen molar-refractivity contribution in [2.45, 2.75) is 6.42 Å². The van der Waals surface area contributed by atoms with Crippen LogP contribution in [0, 0.1) is 11.8 Å². The second-order valence-electron chi connectivity index (χ2n) is 10.4. The number of nitrogens with one attached hydrogen (secondary N) is 1. The van der Waals surface area contributed by atoms with Crippen molar-refractivity contribution in [1.29, 1.82) is 0 Å². The molecule has 5 aliphatic rings. The zero-order chi connectivity index (χ0) is 26.2. The molecule has 2 atom stereocenters. The van der Waals surface area contributed by atoms with E-state index in [-0.39, 0.29) is 11.8 Å². The maximum absolute atomic E-state index is 5.12. The van der Waals surface area contributed by atoms with Crippen LogP contribution >= 0.6 is 0 Å². The zero-order valence-corrected chi connectivity index (χ0v) is 21.3. The van der Waals surface area contributed by atoms with Crippen LogP contribution in [0.1, 0.15) is 27.9 Å². The van der Waals surface area contributed by atoms with Gasteiger partial charge in [0.2, 0.25) is 0 Å². The summed E-state index contributed by atoms with van der Waals surface area (Å²) in [6, 6.07) is 24.7. The van der Waals surface area contributed by atoms with E-state index in [1.807, 2.05) is 36.4 Å². The molecule has 5 heterocycles. The van der Waals surface area contributed by atoms with Crippen molar-refractivity contribution in [3.05, 3.63) is 125 Å². The zero-order valence-electron chi connectivity index (χ0n) is 21.3. The average molecular weight is 516 g/mol. The number of hydrogen-bond acceptors (Lipinski definition) is 6. The van der Waals surface area contributed by atoms with E-state index in [2.05, 4.69) is 65.7 Å². The first-order valence-corrected chi connectivity index (χ1v) is 13.4. The fourth-order valence-corrected chi connectivity index (χ4v) is 6.18. The predicted octanol–water partition coefficient (Wildman–Crippen LogP) is 5.98. The summed E-state index contributed by atoms with van der Waals surface area (Å²) in [4.78, 5) is 33.8. The lowest BCUT2D eigenvalue weighted by atomic mass is 9.89. The van der Waals surface area contributed by atoms with Crippen molar-refractivity contribution < 1.29 is 0 Å². The minimum Gasteiger partial charge on any atom is -0.342 e. The average Bonchev–Trinajstić information content (AvgIpc) is 3.73. The van der Waals surface area contributed by atoms with Crippen LogP contribution in [0.4, 0.5) is 5.82 Å². The molecule has 1 N–H and O–H groups in total. The minimum atomic E-state index is -0.00111. The number of aliphatic imine (C=N–C) groups is 6. The highest BCUT2D eigenvalue weighted by molar-refractivity contribution is 6.31. The maximum atomic E-state index is 5.12. The van der Waals surface area contributed by atoms with Crippen molar-refractivity contribution >= 4 is 51.5 Å². The number of rotatable bonds is 0. The quantitative estimate of drug-likeness (QED) is 0.299. The van der Waals surface area contributed by atoms with Gasteiger partial charge in [-0.1, -0.05) is 97.1 Å². The van der Waals surface area contributed by atoms with E-state index in [4.69, 9.17) is 30.0 Å². The minimum absolute atomic E-state index is 0.00111. The Morgan fingerprint density at radius 3 is 1.80 bits per heavy atom. The summed E-state index contributed by atoms with van der Waals surface area (Å²) in [5.74, 6) is 4.18. The van der Waals surface area contributed by atoms with Gasteiger partial charge >= 0.3 is 0 Å². The highest BCUT2D eigenvalue weighted by Crippen LogP contribution is 2.36. The van der Waals surface area contributed by atoms with Gasteiger partial charge < -0.3 is 4.98 Å². The van der Waals surface area contributed by atoms with Crippen LogP contribution in [0.25, 0.3) is 10.8 Å². The monoisotopic (exact) mass is 515 g/mol. The Balaban J connectivity index is 1.34. The summed E-state index contributed by atoms with van der Waals surface area (Å²) in [5.41, 5.74) is 6.02.